The molecule has 1 aromatic carbocycles. The van der Waals surface area contributed by atoms with Gasteiger partial charge in [0.2, 0.25) is 0 Å². The summed E-state index contributed by atoms with van der Waals surface area (Å²) in [7, 11) is 1.75. The molecular formula is C21H29NO2. The van der Waals surface area contributed by atoms with E-state index in [1.807, 2.05) is 6.07 Å². The number of para-hydroxylation sites is 1. The number of fused-ring (bicyclic) bond motifs is 1. The second kappa shape index (κ2) is 6.11. The predicted molar refractivity (Wildman–Crippen MR) is 96.9 cm³/mol. The van der Waals surface area contributed by atoms with Crippen LogP contribution in [-0.4, -0.2) is 37.7 Å². The van der Waals surface area contributed by atoms with Gasteiger partial charge in [-0.05, 0) is 58.1 Å². The van der Waals surface area contributed by atoms with Crippen molar-refractivity contribution in [1.82, 2.24) is 4.90 Å². The molecule has 0 amide bonds. The van der Waals surface area contributed by atoms with E-state index in [-0.39, 0.29) is 5.41 Å². The molecule has 2 heterocycles. The molecular weight excluding hydrogens is 298 g/mol. The van der Waals surface area contributed by atoms with Crippen molar-refractivity contribution in [1.29, 1.82) is 0 Å². The first-order valence-corrected chi connectivity index (χ1v) is 9.35. The van der Waals surface area contributed by atoms with E-state index in [4.69, 9.17) is 9.47 Å². The van der Waals surface area contributed by atoms with Crippen LogP contribution in [0.4, 0.5) is 0 Å². The van der Waals surface area contributed by atoms with Crippen LogP contribution in [0.3, 0.4) is 0 Å². The first kappa shape index (κ1) is 16.0. The zero-order valence-corrected chi connectivity index (χ0v) is 15.2. The Morgan fingerprint density at radius 2 is 2.25 bits per heavy atom. The van der Waals surface area contributed by atoms with Gasteiger partial charge in [-0.25, -0.2) is 0 Å². The molecule has 1 saturated heterocycles. The summed E-state index contributed by atoms with van der Waals surface area (Å²) in [6.45, 7) is 7.83. The molecule has 0 N–H and O–H groups in total. The monoisotopic (exact) mass is 327 g/mol. The Morgan fingerprint density at radius 3 is 3.04 bits per heavy atom. The van der Waals surface area contributed by atoms with Crippen LogP contribution in [0.1, 0.15) is 45.1 Å². The topological polar surface area (TPSA) is 21.7 Å². The summed E-state index contributed by atoms with van der Waals surface area (Å²) < 4.78 is 12.1. The summed E-state index contributed by atoms with van der Waals surface area (Å²) in [5.74, 6) is 2.63. The van der Waals surface area contributed by atoms with Gasteiger partial charge < -0.3 is 9.47 Å². The van der Waals surface area contributed by atoms with E-state index in [1.54, 1.807) is 7.11 Å². The van der Waals surface area contributed by atoms with Crippen LogP contribution >= 0.6 is 0 Å². The van der Waals surface area contributed by atoms with Crippen LogP contribution < -0.4 is 9.47 Å². The molecule has 130 valence electrons. The Labute approximate surface area is 145 Å². The van der Waals surface area contributed by atoms with Gasteiger partial charge in [0.25, 0.3) is 0 Å². The van der Waals surface area contributed by atoms with E-state index in [0.717, 1.165) is 24.6 Å². The Balaban J connectivity index is 1.67. The molecule has 2 aliphatic heterocycles. The second-order valence-electron chi connectivity index (χ2n) is 7.90. The van der Waals surface area contributed by atoms with Gasteiger partial charge in [0.05, 0.1) is 7.11 Å². The lowest BCUT2D eigenvalue weighted by molar-refractivity contribution is -0.00414. The van der Waals surface area contributed by atoms with Crippen LogP contribution in [0.5, 0.6) is 11.5 Å². The van der Waals surface area contributed by atoms with Crippen molar-refractivity contribution in [2.24, 2.45) is 5.92 Å². The third kappa shape index (κ3) is 2.36. The summed E-state index contributed by atoms with van der Waals surface area (Å²) >= 11 is 0. The lowest BCUT2D eigenvalue weighted by Crippen LogP contribution is -2.56. The molecule has 3 heteroatoms. The molecule has 0 aromatic heterocycles. The first-order valence-electron chi connectivity index (χ1n) is 9.35. The molecule has 4 rings (SSSR count). The highest BCUT2D eigenvalue weighted by Crippen LogP contribution is 2.58. The molecule has 1 saturated carbocycles. The summed E-state index contributed by atoms with van der Waals surface area (Å²) in [6.07, 6.45) is 7.70. The molecule has 0 radical (unpaired) electrons. The molecule has 1 aliphatic carbocycles. The number of methoxy groups -OCH3 is 1. The molecule has 3 unspecified atom stereocenters. The smallest absolute Gasteiger partial charge is 0.165 e. The minimum Gasteiger partial charge on any atom is -0.493 e. The van der Waals surface area contributed by atoms with Crippen molar-refractivity contribution >= 4 is 0 Å². The van der Waals surface area contributed by atoms with Crippen LogP contribution in [0.2, 0.25) is 0 Å². The fourth-order valence-corrected chi connectivity index (χ4v) is 5.17. The number of piperidine rings is 1. The molecule has 1 aromatic rings. The van der Waals surface area contributed by atoms with E-state index in [1.165, 1.54) is 43.4 Å². The SMILES string of the molecule is COc1cccc2c1OC1CCCC3CN(CC=C(C)C)CCC231. The summed E-state index contributed by atoms with van der Waals surface area (Å²) in [4.78, 5) is 2.63. The fourth-order valence-electron chi connectivity index (χ4n) is 5.17. The highest BCUT2D eigenvalue weighted by Gasteiger charge is 2.57. The number of rotatable bonds is 3. The van der Waals surface area contributed by atoms with Crippen molar-refractivity contribution in [3.63, 3.8) is 0 Å². The van der Waals surface area contributed by atoms with Crippen LogP contribution in [-0.2, 0) is 5.41 Å². The molecule has 2 fully saturated rings. The van der Waals surface area contributed by atoms with Gasteiger partial charge in [-0.1, -0.05) is 23.8 Å². The maximum Gasteiger partial charge on any atom is 0.165 e. The third-order valence-electron chi connectivity index (χ3n) is 6.36. The number of nitrogens with zero attached hydrogens (tertiary/aromatic N) is 1. The van der Waals surface area contributed by atoms with E-state index in [9.17, 15) is 0 Å². The van der Waals surface area contributed by atoms with E-state index < -0.39 is 0 Å². The minimum atomic E-state index is 0.212. The zero-order chi connectivity index (χ0) is 16.7. The van der Waals surface area contributed by atoms with Gasteiger partial charge in [-0.2, -0.15) is 0 Å². The molecule has 24 heavy (non-hydrogen) atoms. The van der Waals surface area contributed by atoms with Crippen molar-refractivity contribution in [2.75, 3.05) is 26.7 Å². The third-order valence-corrected chi connectivity index (χ3v) is 6.36. The number of allylic oxidation sites excluding steroid dienone is 1. The van der Waals surface area contributed by atoms with E-state index in [2.05, 4.69) is 37.0 Å². The first-order chi connectivity index (χ1) is 11.6. The number of benzene rings is 1. The highest BCUT2D eigenvalue weighted by molar-refractivity contribution is 5.55. The Morgan fingerprint density at radius 1 is 1.38 bits per heavy atom. The van der Waals surface area contributed by atoms with Crippen molar-refractivity contribution < 1.29 is 9.47 Å². The van der Waals surface area contributed by atoms with Crippen molar-refractivity contribution in [3.05, 3.63) is 35.4 Å². The molecule has 3 aliphatic rings. The molecule has 3 atom stereocenters. The number of likely N-dealkylation sites (tertiary alicyclic amines) is 1. The fraction of sp³-hybridized carbons (Fsp3) is 0.619. The van der Waals surface area contributed by atoms with Crippen LogP contribution in [0.15, 0.2) is 29.8 Å². The van der Waals surface area contributed by atoms with Crippen molar-refractivity contribution in [3.8, 4) is 11.5 Å². The summed E-state index contributed by atoms with van der Waals surface area (Å²) in [5, 5.41) is 0. The summed E-state index contributed by atoms with van der Waals surface area (Å²) in [6, 6.07) is 6.47. The van der Waals surface area contributed by atoms with Gasteiger partial charge in [-0.3, -0.25) is 4.90 Å². The zero-order valence-electron chi connectivity index (χ0n) is 15.2. The lowest BCUT2D eigenvalue weighted by Gasteiger charge is -2.51. The van der Waals surface area contributed by atoms with Gasteiger partial charge >= 0.3 is 0 Å². The number of hydrogen-bond donors (Lipinski definition) is 0. The Kier molecular flexibility index (Phi) is 4.07. The van der Waals surface area contributed by atoms with E-state index in [0.29, 0.717) is 12.0 Å². The van der Waals surface area contributed by atoms with Crippen LogP contribution in [0, 0.1) is 5.92 Å². The van der Waals surface area contributed by atoms with E-state index >= 15 is 0 Å². The Hall–Kier alpha value is -1.48. The number of ether oxygens (including phenoxy) is 2. The molecule has 0 bridgehead atoms. The summed E-state index contributed by atoms with van der Waals surface area (Å²) in [5.41, 5.74) is 3.04. The minimum absolute atomic E-state index is 0.212. The maximum atomic E-state index is 6.47. The number of hydrogen-bond acceptors (Lipinski definition) is 3. The predicted octanol–water partition coefficient (Wildman–Crippen LogP) is 4.17. The Bertz CT molecular complexity index is 649. The molecule has 3 nitrogen and oxygen atoms in total. The lowest BCUT2D eigenvalue weighted by atomic mass is 9.58. The second-order valence-corrected chi connectivity index (χ2v) is 7.90. The van der Waals surface area contributed by atoms with Crippen molar-refractivity contribution in [2.45, 2.75) is 51.0 Å². The maximum absolute atomic E-state index is 6.47. The van der Waals surface area contributed by atoms with Gasteiger partial charge in [0, 0.05) is 24.1 Å². The normalized spacial score (nSPS) is 31.5. The molecule has 1 spiro atoms. The van der Waals surface area contributed by atoms with Crippen LogP contribution in [0.25, 0.3) is 0 Å². The quantitative estimate of drug-likeness (QED) is 0.778. The standard InChI is InChI=1S/C21H29NO2/c1-15(2)10-12-22-13-11-21-16(14-22)6-4-9-19(21)24-20-17(21)7-5-8-18(20)23-3/h5,7-8,10,16,19H,4,6,9,11-14H2,1-3H3. The van der Waals surface area contributed by atoms with Gasteiger partial charge in [0.1, 0.15) is 6.10 Å². The average molecular weight is 327 g/mol. The highest BCUT2D eigenvalue weighted by atomic mass is 16.5. The van der Waals surface area contributed by atoms with Gasteiger partial charge in [-0.15, -0.1) is 0 Å². The van der Waals surface area contributed by atoms with Gasteiger partial charge in [0.15, 0.2) is 11.5 Å². The largest absolute Gasteiger partial charge is 0.493 e. The average Bonchev–Trinajstić information content (AvgIpc) is 2.93.